The van der Waals surface area contributed by atoms with Gasteiger partial charge in [-0.2, -0.15) is 11.8 Å². The van der Waals surface area contributed by atoms with Crippen LogP contribution >= 0.6 is 11.8 Å². The van der Waals surface area contributed by atoms with E-state index in [1.165, 1.54) is 0 Å². The summed E-state index contributed by atoms with van der Waals surface area (Å²) in [6, 6.07) is 0. The third-order valence-corrected chi connectivity index (χ3v) is 2.70. The molecule has 0 radical (unpaired) electrons. The van der Waals surface area contributed by atoms with Crippen molar-refractivity contribution >= 4 is 17.7 Å². The average Bonchev–Trinajstić information content (AvgIpc) is 2.17. The molecule has 0 spiro atoms. The van der Waals surface area contributed by atoms with Gasteiger partial charge >= 0.3 is 0 Å². The van der Waals surface area contributed by atoms with Gasteiger partial charge in [0.15, 0.2) is 0 Å². The van der Waals surface area contributed by atoms with Crippen LogP contribution < -0.4 is 10.6 Å². The summed E-state index contributed by atoms with van der Waals surface area (Å²) in [5.74, 6) is 2.06. The first-order valence-electron chi connectivity index (χ1n) is 4.83. The van der Waals surface area contributed by atoms with E-state index in [2.05, 4.69) is 17.2 Å². The average molecular weight is 216 g/mol. The van der Waals surface area contributed by atoms with Gasteiger partial charge in [-0.25, -0.2) is 0 Å². The molecule has 3 nitrogen and oxygen atoms in total. The van der Waals surface area contributed by atoms with Crippen LogP contribution in [0.1, 0.15) is 6.92 Å². The molecule has 82 valence electrons. The lowest BCUT2D eigenvalue weighted by Gasteiger charge is -2.10. The third-order valence-electron chi connectivity index (χ3n) is 1.74. The maximum Gasteiger partial charge on any atom is 0.224 e. The van der Waals surface area contributed by atoms with Crippen molar-refractivity contribution in [1.82, 2.24) is 10.6 Å². The molecule has 1 atom stereocenters. The van der Waals surface area contributed by atoms with E-state index in [1.807, 2.05) is 20.0 Å². The molecule has 2 N–H and O–H groups in total. The maximum absolute atomic E-state index is 11.4. The Hall–Kier alpha value is -0.480. The Kier molecular flexibility index (Phi) is 8.78. The van der Waals surface area contributed by atoms with Crippen molar-refractivity contribution in [3.63, 3.8) is 0 Å². The number of thioether (sulfide) groups is 1. The fourth-order valence-corrected chi connectivity index (χ4v) is 1.57. The summed E-state index contributed by atoms with van der Waals surface area (Å²) in [5, 5.41) is 5.87. The Morgan fingerprint density at radius 2 is 2.36 bits per heavy atom. The molecule has 0 aliphatic carbocycles. The van der Waals surface area contributed by atoms with E-state index in [4.69, 9.17) is 0 Å². The molecule has 4 heteroatoms. The number of rotatable bonds is 8. The molecule has 0 aromatic heterocycles. The molecule has 0 aromatic rings. The molecule has 0 fully saturated rings. The zero-order valence-corrected chi connectivity index (χ0v) is 9.82. The molecule has 0 aliphatic heterocycles. The van der Waals surface area contributed by atoms with E-state index >= 15 is 0 Å². The highest BCUT2D eigenvalue weighted by Gasteiger charge is 2.09. The lowest BCUT2D eigenvalue weighted by atomic mass is 10.1. The molecule has 0 heterocycles. The topological polar surface area (TPSA) is 41.1 Å². The maximum atomic E-state index is 11.4. The van der Waals surface area contributed by atoms with Gasteiger partial charge in [0.1, 0.15) is 0 Å². The molecule has 0 saturated heterocycles. The molecule has 14 heavy (non-hydrogen) atoms. The Balaban J connectivity index is 3.38. The number of hydrogen-bond acceptors (Lipinski definition) is 3. The molecule has 0 aliphatic rings. The van der Waals surface area contributed by atoms with Crippen LogP contribution in [0, 0.1) is 5.92 Å². The highest BCUT2D eigenvalue weighted by Crippen LogP contribution is 1.98. The number of carbonyl (C=O) groups excluding carboxylic acids is 1. The van der Waals surface area contributed by atoms with E-state index in [0.29, 0.717) is 0 Å². The summed E-state index contributed by atoms with van der Waals surface area (Å²) in [7, 11) is 1.85. The van der Waals surface area contributed by atoms with Crippen molar-refractivity contribution in [2.75, 3.05) is 31.6 Å². The van der Waals surface area contributed by atoms with E-state index in [0.717, 1.165) is 24.6 Å². The largest absolute Gasteiger partial charge is 0.355 e. The minimum absolute atomic E-state index is 0.0457. The lowest BCUT2D eigenvalue weighted by molar-refractivity contribution is -0.124. The van der Waals surface area contributed by atoms with Crippen molar-refractivity contribution in [3.8, 4) is 0 Å². The minimum atomic E-state index is 0.0457. The molecule has 0 saturated carbocycles. The summed E-state index contributed by atoms with van der Waals surface area (Å²) < 4.78 is 0. The molecule has 1 amide bonds. The summed E-state index contributed by atoms with van der Waals surface area (Å²) in [6.45, 7) is 7.02. The van der Waals surface area contributed by atoms with Gasteiger partial charge in [-0.05, 0) is 7.05 Å². The lowest BCUT2D eigenvalue weighted by Crippen LogP contribution is -2.35. The second kappa shape index (κ2) is 9.09. The van der Waals surface area contributed by atoms with Crippen molar-refractivity contribution in [2.24, 2.45) is 5.92 Å². The number of amides is 1. The van der Waals surface area contributed by atoms with Gasteiger partial charge in [0.25, 0.3) is 0 Å². The van der Waals surface area contributed by atoms with Gasteiger partial charge in [-0.15, -0.1) is 6.58 Å². The zero-order chi connectivity index (χ0) is 10.8. The van der Waals surface area contributed by atoms with Gasteiger partial charge in [0.05, 0.1) is 0 Å². The van der Waals surface area contributed by atoms with Crippen LogP contribution in [0.2, 0.25) is 0 Å². The van der Waals surface area contributed by atoms with Gasteiger partial charge in [-0.3, -0.25) is 4.79 Å². The first-order chi connectivity index (χ1) is 6.72. The van der Waals surface area contributed by atoms with Crippen molar-refractivity contribution in [2.45, 2.75) is 6.92 Å². The highest BCUT2D eigenvalue weighted by molar-refractivity contribution is 7.99. The van der Waals surface area contributed by atoms with Crippen LogP contribution in [0.4, 0.5) is 0 Å². The Bertz CT molecular complexity index is 174. The van der Waals surface area contributed by atoms with Crippen molar-refractivity contribution in [1.29, 1.82) is 0 Å². The van der Waals surface area contributed by atoms with Crippen molar-refractivity contribution in [3.05, 3.63) is 12.7 Å². The van der Waals surface area contributed by atoms with Crippen molar-refractivity contribution < 1.29 is 4.79 Å². The normalized spacial score (nSPS) is 12.1. The van der Waals surface area contributed by atoms with E-state index in [-0.39, 0.29) is 11.8 Å². The van der Waals surface area contributed by atoms with Gasteiger partial charge in [0, 0.05) is 30.5 Å². The van der Waals surface area contributed by atoms with E-state index < -0.39 is 0 Å². The minimum Gasteiger partial charge on any atom is -0.355 e. The first kappa shape index (κ1) is 13.5. The number of nitrogens with one attached hydrogen (secondary N) is 2. The summed E-state index contributed by atoms with van der Waals surface area (Å²) in [4.78, 5) is 11.4. The van der Waals surface area contributed by atoms with Gasteiger partial charge in [-0.1, -0.05) is 13.0 Å². The van der Waals surface area contributed by atoms with Crippen LogP contribution in [0.3, 0.4) is 0 Å². The number of hydrogen-bond donors (Lipinski definition) is 2. The summed E-state index contributed by atoms with van der Waals surface area (Å²) in [6.07, 6.45) is 1.87. The second-order valence-electron chi connectivity index (χ2n) is 3.11. The molecular weight excluding hydrogens is 196 g/mol. The SMILES string of the molecule is C=CCSCCNC(=O)C(C)CNC. The van der Waals surface area contributed by atoms with Crippen LogP contribution in [0.15, 0.2) is 12.7 Å². The molecular formula is C10H20N2OS. The summed E-state index contributed by atoms with van der Waals surface area (Å²) in [5.41, 5.74) is 0. The predicted octanol–water partition coefficient (Wildman–Crippen LogP) is 0.877. The van der Waals surface area contributed by atoms with E-state index in [1.54, 1.807) is 11.8 Å². The third kappa shape index (κ3) is 6.97. The van der Waals surface area contributed by atoms with Crippen LogP contribution in [0.5, 0.6) is 0 Å². The molecule has 0 bridgehead atoms. The predicted molar refractivity (Wildman–Crippen MR) is 63.6 cm³/mol. The fraction of sp³-hybridized carbons (Fsp3) is 0.700. The van der Waals surface area contributed by atoms with Crippen LogP contribution in [-0.2, 0) is 4.79 Å². The first-order valence-corrected chi connectivity index (χ1v) is 5.98. The molecule has 1 unspecified atom stereocenters. The number of carbonyl (C=O) groups is 1. The quantitative estimate of drug-likeness (QED) is 0.467. The monoisotopic (exact) mass is 216 g/mol. The Morgan fingerprint density at radius 1 is 1.64 bits per heavy atom. The van der Waals surface area contributed by atoms with Gasteiger partial charge in [0.2, 0.25) is 5.91 Å². The summed E-state index contributed by atoms with van der Waals surface area (Å²) >= 11 is 1.77. The van der Waals surface area contributed by atoms with Gasteiger partial charge < -0.3 is 10.6 Å². The zero-order valence-electron chi connectivity index (χ0n) is 9.01. The molecule has 0 aromatic carbocycles. The Labute approximate surface area is 90.7 Å². The smallest absolute Gasteiger partial charge is 0.224 e. The fourth-order valence-electron chi connectivity index (χ4n) is 0.986. The Morgan fingerprint density at radius 3 is 2.93 bits per heavy atom. The van der Waals surface area contributed by atoms with Crippen LogP contribution in [-0.4, -0.2) is 37.6 Å². The highest BCUT2D eigenvalue weighted by atomic mass is 32.2. The standard InChI is InChI=1S/C10H20N2OS/c1-4-6-14-7-5-12-10(13)9(2)8-11-3/h4,9,11H,1,5-8H2,2-3H3,(H,12,13). The molecule has 0 rings (SSSR count). The second-order valence-corrected chi connectivity index (χ2v) is 4.26. The van der Waals surface area contributed by atoms with E-state index in [9.17, 15) is 4.79 Å². The van der Waals surface area contributed by atoms with Crippen LogP contribution in [0.25, 0.3) is 0 Å².